The number of thiazole rings is 1. The lowest BCUT2D eigenvalue weighted by Gasteiger charge is -2.12. The van der Waals surface area contributed by atoms with Crippen molar-refractivity contribution in [3.63, 3.8) is 0 Å². The van der Waals surface area contributed by atoms with Gasteiger partial charge in [-0.2, -0.15) is 0 Å². The fourth-order valence-electron chi connectivity index (χ4n) is 2.70. The smallest absolute Gasteiger partial charge is 0.131 e. The number of benzene rings is 2. The quantitative estimate of drug-likeness (QED) is 0.595. The topological polar surface area (TPSA) is 52.6 Å². The van der Waals surface area contributed by atoms with Gasteiger partial charge in [0.25, 0.3) is 0 Å². The average molecular weight is 385 g/mol. The molecular formula is C21H24N2O3S. The Morgan fingerprint density at radius 3 is 2.41 bits per heavy atom. The Bertz CT molecular complexity index is 862. The van der Waals surface area contributed by atoms with Crippen LogP contribution in [0.1, 0.15) is 21.8 Å². The maximum Gasteiger partial charge on any atom is 0.131 e. The van der Waals surface area contributed by atoms with Gasteiger partial charge in [0.05, 0.1) is 24.9 Å². The summed E-state index contributed by atoms with van der Waals surface area (Å²) in [6.07, 6.45) is 0. The fourth-order valence-corrected chi connectivity index (χ4v) is 3.29. The molecule has 6 heteroatoms. The zero-order valence-electron chi connectivity index (χ0n) is 15.8. The largest absolute Gasteiger partial charge is 0.497 e. The van der Waals surface area contributed by atoms with Crippen molar-refractivity contribution in [3.05, 3.63) is 69.7 Å². The number of nitrogens with one attached hydrogen (secondary N) is 1. The van der Waals surface area contributed by atoms with Crippen LogP contribution in [0.2, 0.25) is 0 Å². The first-order valence-electron chi connectivity index (χ1n) is 8.72. The lowest BCUT2D eigenvalue weighted by atomic mass is 10.1. The van der Waals surface area contributed by atoms with Crippen molar-refractivity contribution < 1.29 is 14.2 Å². The van der Waals surface area contributed by atoms with E-state index in [1.165, 1.54) is 5.56 Å². The predicted molar refractivity (Wildman–Crippen MR) is 108 cm³/mol. The molecule has 0 aliphatic rings. The lowest BCUT2D eigenvalue weighted by Crippen LogP contribution is -2.13. The molecule has 0 aliphatic heterocycles. The molecule has 0 atom stereocenters. The SMILES string of the molecule is COc1ccc(OC)c(CNCc2ccc(OCc3csc(C)n3)cc2)c1. The van der Waals surface area contributed by atoms with Gasteiger partial charge in [-0.1, -0.05) is 12.1 Å². The minimum absolute atomic E-state index is 0.498. The van der Waals surface area contributed by atoms with E-state index in [1.54, 1.807) is 25.6 Å². The summed E-state index contributed by atoms with van der Waals surface area (Å²) in [6, 6.07) is 13.9. The van der Waals surface area contributed by atoms with Gasteiger partial charge in [-0.15, -0.1) is 11.3 Å². The van der Waals surface area contributed by atoms with Gasteiger partial charge < -0.3 is 19.5 Å². The summed E-state index contributed by atoms with van der Waals surface area (Å²) in [6.45, 7) is 3.95. The molecule has 0 amide bonds. The summed E-state index contributed by atoms with van der Waals surface area (Å²) in [5.41, 5.74) is 3.22. The minimum atomic E-state index is 0.498. The molecule has 0 spiro atoms. The molecular weight excluding hydrogens is 360 g/mol. The molecule has 0 saturated carbocycles. The van der Waals surface area contributed by atoms with Gasteiger partial charge in [0, 0.05) is 24.0 Å². The number of aryl methyl sites for hydroxylation is 1. The predicted octanol–water partition coefficient (Wildman–Crippen LogP) is 4.34. The Morgan fingerprint density at radius 1 is 0.963 bits per heavy atom. The van der Waals surface area contributed by atoms with E-state index in [0.717, 1.165) is 40.1 Å². The van der Waals surface area contributed by atoms with Crippen LogP contribution in [-0.2, 0) is 19.7 Å². The summed E-state index contributed by atoms with van der Waals surface area (Å²) in [7, 11) is 3.34. The number of hydrogen-bond acceptors (Lipinski definition) is 6. The molecule has 27 heavy (non-hydrogen) atoms. The van der Waals surface area contributed by atoms with Crippen molar-refractivity contribution in [1.82, 2.24) is 10.3 Å². The van der Waals surface area contributed by atoms with Gasteiger partial charge in [0.1, 0.15) is 23.9 Å². The lowest BCUT2D eigenvalue weighted by molar-refractivity contribution is 0.302. The van der Waals surface area contributed by atoms with Crippen LogP contribution in [0.5, 0.6) is 17.2 Å². The Balaban J connectivity index is 1.50. The molecule has 1 heterocycles. The highest BCUT2D eigenvalue weighted by molar-refractivity contribution is 7.09. The van der Waals surface area contributed by atoms with E-state index in [-0.39, 0.29) is 0 Å². The zero-order valence-corrected chi connectivity index (χ0v) is 16.6. The second kappa shape index (κ2) is 9.39. The second-order valence-corrected chi connectivity index (χ2v) is 7.13. The van der Waals surface area contributed by atoms with Gasteiger partial charge in [0.15, 0.2) is 0 Å². The van der Waals surface area contributed by atoms with Crippen LogP contribution in [0.25, 0.3) is 0 Å². The summed E-state index contributed by atoms with van der Waals surface area (Å²) >= 11 is 1.64. The van der Waals surface area contributed by atoms with Crippen LogP contribution < -0.4 is 19.5 Å². The summed E-state index contributed by atoms with van der Waals surface area (Å²) in [5.74, 6) is 2.52. The molecule has 3 aromatic rings. The van der Waals surface area contributed by atoms with Crippen LogP contribution in [0.15, 0.2) is 47.8 Å². The molecule has 0 bridgehead atoms. The molecule has 1 aromatic heterocycles. The van der Waals surface area contributed by atoms with Crippen LogP contribution in [0, 0.1) is 6.92 Å². The molecule has 0 aliphatic carbocycles. The zero-order chi connectivity index (χ0) is 19.1. The fraction of sp³-hybridized carbons (Fsp3) is 0.286. The van der Waals surface area contributed by atoms with Crippen molar-refractivity contribution in [2.75, 3.05) is 14.2 Å². The first-order chi connectivity index (χ1) is 13.2. The first kappa shape index (κ1) is 19.2. The maximum absolute atomic E-state index is 5.78. The molecule has 0 unspecified atom stereocenters. The van der Waals surface area contributed by atoms with E-state index in [0.29, 0.717) is 13.2 Å². The van der Waals surface area contributed by atoms with Crippen molar-refractivity contribution in [2.45, 2.75) is 26.6 Å². The Hall–Kier alpha value is -2.57. The third kappa shape index (κ3) is 5.45. The van der Waals surface area contributed by atoms with E-state index in [9.17, 15) is 0 Å². The number of ether oxygens (including phenoxy) is 3. The van der Waals surface area contributed by atoms with Crippen LogP contribution in [0.4, 0.5) is 0 Å². The minimum Gasteiger partial charge on any atom is -0.497 e. The maximum atomic E-state index is 5.78. The van der Waals surface area contributed by atoms with Crippen molar-refractivity contribution in [1.29, 1.82) is 0 Å². The normalized spacial score (nSPS) is 10.6. The highest BCUT2D eigenvalue weighted by Crippen LogP contribution is 2.24. The third-order valence-electron chi connectivity index (χ3n) is 4.11. The Morgan fingerprint density at radius 2 is 1.74 bits per heavy atom. The first-order valence-corrected chi connectivity index (χ1v) is 9.60. The number of nitrogens with zero attached hydrogens (tertiary/aromatic N) is 1. The van der Waals surface area contributed by atoms with Gasteiger partial charge in [-0.3, -0.25) is 0 Å². The average Bonchev–Trinajstić information content (AvgIpc) is 3.12. The molecule has 0 fully saturated rings. The molecule has 2 aromatic carbocycles. The summed E-state index contributed by atoms with van der Waals surface area (Å²) in [4.78, 5) is 4.40. The molecule has 0 radical (unpaired) electrons. The van der Waals surface area contributed by atoms with Crippen molar-refractivity contribution in [3.8, 4) is 17.2 Å². The van der Waals surface area contributed by atoms with Crippen molar-refractivity contribution >= 4 is 11.3 Å². The highest BCUT2D eigenvalue weighted by Gasteiger charge is 2.05. The van der Waals surface area contributed by atoms with E-state index in [1.807, 2.05) is 42.6 Å². The van der Waals surface area contributed by atoms with Crippen LogP contribution >= 0.6 is 11.3 Å². The van der Waals surface area contributed by atoms with E-state index in [4.69, 9.17) is 14.2 Å². The summed E-state index contributed by atoms with van der Waals surface area (Å²) < 4.78 is 16.5. The number of aromatic nitrogens is 1. The van der Waals surface area contributed by atoms with Crippen LogP contribution in [0.3, 0.4) is 0 Å². The monoisotopic (exact) mass is 384 g/mol. The van der Waals surface area contributed by atoms with Crippen LogP contribution in [-0.4, -0.2) is 19.2 Å². The highest BCUT2D eigenvalue weighted by atomic mass is 32.1. The van der Waals surface area contributed by atoms with Gasteiger partial charge >= 0.3 is 0 Å². The van der Waals surface area contributed by atoms with E-state index in [2.05, 4.69) is 22.4 Å². The molecule has 0 saturated heterocycles. The second-order valence-electron chi connectivity index (χ2n) is 6.07. The van der Waals surface area contributed by atoms with Crippen molar-refractivity contribution in [2.24, 2.45) is 0 Å². The Labute approximate surface area is 163 Å². The third-order valence-corrected chi connectivity index (χ3v) is 4.93. The number of hydrogen-bond donors (Lipinski definition) is 1. The van der Waals surface area contributed by atoms with E-state index >= 15 is 0 Å². The molecule has 142 valence electrons. The van der Waals surface area contributed by atoms with Gasteiger partial charge in [-0.05, 0) is 42.8 Å². The molecule has 5 nitrogen and oxygen atoms in total. The summed E-state index contributed by atoms with van der Waals surface area (Å²) in [5, 5.41) is 6.53. The molecule has 3 rings (SSSR count). The molecule has 1 N–H and O–H groups in total. The number of methoxy groups -OCH3 is 2. The van der Waals surface area contributed by atoms with Gasteiger partial charge in [-0.25, -0.2) is 4.98 Å². The number of rotatable bonds is 9. The standard InChI is InChI=1S/C21H24N2O3S/c1-15-23-18(14-27-15)13-26-19-6-4-16(5-7-19)11-22-12-17-10-20(24-2)8-9-21(17)25-3/h4-10,14,22H,11-13H2,1-3H3. The Kier molecular flexibility index (Phi) is 6.68. The van der Waals surface area contributed by atoms with Gasteiger partial charge in [0.2, 0.25) is 0 Å². The van der Waals surface area contributed by atoms with E-state index < -0.39 is 0 Å².